The maximum Gasteiger partial charge on any atom is 0.339 e. The molecule has 0 fully saturated rings. The molecule has 0 aromatic heterocycles. The lowest BCUT2D eigenvalue weighted by molar-refractivity contribution is 0.0694. The molecule has 6 heteroatoms. The molecule has 4 nitrogen and oxygen atoms in total. The second kappa shape index (κ2) is 9.40. The minimum atomic E-state index is -0.998. The van der Waals surface area contributed by atoms with Gasteiger partial charge in [-0.1, -0.05) is 37.9 Å². The summed E-state index contributed by atoms with van der Waals surface area (Å²) in [6.45, 7) is 1.89. The standard InChI is InChI=1S/C14H11BrO3.C6H5BrO/c1-9-2-7-12(14(16)17)13(8-9)18-11-5-3-10(15)4-6-11;7-5-1-3-6(8)4-2-5/h2-8H,1H3,(H,16,17);1-4,8H. The van der Waals surface area contributed by atoms with Gasteiger partial charge in [-0.05, 0) is 73.2 Å². The van der Waals surface area contributed by atoms with E-state index in [1.54, 1.807) is 54.6 Å². The van der Waals surface area contributed by atoms with Crippen molar-refractivity contribution in [3.63, 3.8) is 0 Å². The second-order valence-corrected chi connectivity index (χ2v) is 7.17. The lowest BCUT2D eigenvalue weighted by atomic mass is 10.1. The molecule has 0 aliphatic carbocycles. The largest absolute Gasteiger partial charge is 0.508 e. The van der Waals surface area contributed by atoms with Gasteiger partial charge in [-0.2, -0.15) is 0 Å². The third-order valence-corrected chi connectivity index (χ3v) is 4.29. The Labute approximate surface area is 168 Å². The van der Waals surface area contributed by atoms with Gasteiger partial charge in [0.05, 0.1) is 0 Å². The van der Waals surface area contributed by atoms with E-state index in [0.717, 1.165) is 14.5 Å². The Hall–Kier alpha value is -2.31. The van der Waals surface area contributed by atoms with E-state index in [0.29, 0.717) is 17.2 Å². The Morgan fingerprint density at radius 3 is 1.92 bits per heavy atom. The van der Waals surface area contributed by atoms with Crippen molar-refractivity contribution in [2.75, 3.05) is 0 Å². The number of phenols is 1. The first-order valence-electron chi connectivity index (χ1n) is 7.57. The minimum Gasteiger partial charge on any atom is -0.508 e. The van der Waals surface area contributed by atoms with Crippen molar-refractivity contribution >= 4 is 37.8 Å². The lowest BCUT2D eigenvalue weighted by Crippen LogP contribution is -2.00. The summed E-state index contributed by atoms with van der Waals surface area (Å²) in [5, 5.41) is 17.8. The van der Waals surface area contributed by atoms with E-state index in [9.17, 15) is 4.79 Å². The minimum absolute atomic E-state index is 0.156. The van der Waals surface area contributed by atoms with E-state index in [4.69, 9.17) is 14.9 Å². The number of rotatable bonds is 3. The van der Waals surface area contributed by atoms with Gasteiger partial charge in [-0.3, -0.25) is 0 Å². The highest BCUT2D eigenvalue weighted by molar-refractivity contribution is 9.10. The fourth-order valence-corrected chi connectivity index (χ4v) is 2.49. The number of hydrogen-bond donors (Lipinski definition) is 2. The number of halogens is 2. The predicted octanol–water partition coefficient (Wildman–Crippen LogP) is 6.40. The number of ether oxygens (including phenoxy) is 1. The molecule has 0 amide bonds. The van der Waals surface area contributed by atoms with Crippen molar-refractivity contribution in [2.45, 2.75) is 6.92 Å². The van der Waals surface area contributed by atoms with Crippen LogP contribution in [-0.2, 0) is 0 Å². The molecule has 0 atom stereocenters. The highest BCUT2D eigenvalue weighted by Crippen LogP contribution is 2.27. The van der Waals surface area contributed by atoms with Crippen LogP contribution in [0.4, 0.5) is 0 Å². The lowest BCUT2D eigenvalue weighted by Gasteiger charge is -2.09. The molecule has 3 aromatic carbocycles. The summed E-state index contributed by atoms with van der Waals surface area (Å²) in [7, 11) is 0. The number of aromatic hydroxyl groups is 1. The van der Waals surface area contributed by atoms with Gasteiger partial charge in [-0.25, -0.2) is 4.79 Å². The van der Waals surface area contributed by atoms with Gasteiger partial charge in [-0.15, -0.1) is 0 Å². The Morgan fingerprint density at radius 1 is 0.885 bits per heavy atom. The molecule has 0 radical (unpaired) electrons. The van der Waals surface area contributed by atoms with Crippen LogP contribution in [0.2, 0.25) is 0 Å². The first-order valence-corrected chi connectivity index (χ1v) is 9.15. The van der Waals surface area contributed by atoms with Crippen LogP contribution in [0.3, 0.4) is 0 Å². The molecule has 0 aliphatic heterocycles. The van der Waals surface area contributed by atoms with Crippen molar-refractivity contribution in [3.05, 3.63) is 86.8 Å². The Bertz CT molecular complexity index is 854. The molecule has 3 rings (SSSR count). The average molecular weight is 480 g/mol. The van der Waals surface area contributed by atoms with E-state index in [2.05, 4.69) is 31.9 Å². The van der Waals surface area contributed by atoms with Gasteiger partial charge >= 0.3 is 5.97 Å². The summed E-state index contributed by atoms with van der Waals surface area (Å²) in [6.07, 6.45) is 0. The number of benzene rings is 3. The third-order valence-electron chi connectivity index (χ3n) is 3.24. The van der Waals surface area contributed by atoms with Gasteiger partial charge in [0.1, 0.15) is 22.8 Å². The molecular weight excluding hydrogens is 464 g/mol. The highest BCUT2D eigenvalue weighted by atomic mass is 79.9. The van der Waals surface area contributed by atoms with Crippen molar-refractivity contribution in [1.29, 1.82) is 0 Å². The van der Waals surface area contributed by atoms with Crippen LogP contribution in [0.5, 0.6) is 17.2 Å². The number of aromatic carboxylic acids is 1. The van der Waals surface area contributed by atoms with Crippen LogP contribution in [0, 0.1) is 6.92 Å². The molecule has 0 heterocycles. The van der Waals surface area contributed by atoms with Crippen molar-refractivity contribution in [1.82, 2.24) is 0 Å². The van der Waals surface area contributed by atoms with Crippen LogP contribution in [0.15, 0.2) is 75.7 Å². The molecule has 26 heavy (non-hydrogen) atoms. The van der Waals surface area contributed by atoms with Gasteiger partial charge < -0.3 is 14.9 Å². The molecular formula is C20H16Br2O4. The second-order valence-electron chi connectivity index (χ2n) is 5.34. The Balaban J connectivity index is 0.000000254. The molecule has 0 spiro atoms. The normalized spacial score (nSPS) is 9.81. The number of carbonyl (C=O) groups is 1. The highest BCUT2D eigenvalue weighted by Gasteiger charge is 2.12. The topological polar surface area (TPSA) is 66.8 Å². The molecule has 0 unspecified atom stereocenters. The van der Waals surface area contributed by atoms with Crippen LogP contribution in [0.1, 0.15) is 15.9 Å². The first kappa shape index (κ1) is 20.0. The number of hydrogen-bond acceptors (Lipinski definition) is 3. The monoisotopic (exact) mass is 478 g/mol. The van der Waals surface area contributed by atoms with Gasteiger partial charge in [0.15, 0.2) is 0 Å². The zero-order valence-electron chi connectivity index (χ0n) is 13.8. The van der Waals surface area contributed by atoms with E-state index in [-0.39, 0.29) is 5.56 Å². The number of carboxylic acid groups (broad SMARTS) is 1. The number of carboxylic acids is 1. The van der Waals surface area contributed by atoms with Crippen LogP contribution in [0.25, 0.3) is 0 Å². The number of aryl methyl sites for hydroxylation is 1. The summed E-state index contributed by atoms with van der Waals surface area (Å²) in [5.74, 6) is 0.256. The fourth-order valence-electron chi connectivity index (χ4n) is 1.96. The van der Waals surface area contributed by atoms with Gasteiger partial charge in [0.2, 0.25) is 0 Å². The summed E-state index contributed by atoms with van der Waals surface area (Å²) < 4.78 is 7.53. The summed E-state index contributed by atoms with van der Waals surface area (Å²) >= 11 is 6.56. The van der Waals surface area contributed by atoms with Gasteiger partial charge in [0, 0.05) is 8.95 Å². The smallest absolute Gasteiger partial charge is 0.339 e. The van der Waals surface area contributed by atoms with E-state index in [1.807, 2.05) is 19.1 Å². The first-order chi connectivity index (χ1) is 12.3. The van der Waals surface area contributed by atoms with Crippen LogP contribution in [-0.4, -0.2) is 16.2 Å². The van der Waals surface area contributed by atoms with Crippen molar-refractivity contribution < 1.29 is 19.7 Å². The quantitative estimate of drug-likeness (QED) is 0.455. The maximum atomic E-state index is 11.1. The molecule has 0 bridgehead atoms. The fraction of sp³-hybridized carbons (Fsp3) is 0.0500. The van der Waals surface area contributed by atoms with E-state index >= 15 is 0 Å². The van der Waals surface area contributed by atoms with E-state index < -0.39 is 5.97 Å². The number of phenolic OH excluding ortho intramolecular Hbond substituents is 1. The SMILES string of the molecule is Cc1ccc(C(=O)O)c(Oc2ccc(Br)cc2)c1.Oc1ccc(Br)cc1. The van der Waals surface area contributed by atoms with E-state index in [1.165, 1.54) is 0 Å². The molecule has 134 valence electrons. The zero-order valence-corrected chi connectivity index (χ0v) is 17.0. The maximum absolute atomic E-state index is 11.1. The predicted molar refractivity (Wildman–Crippen MR) is 108 cm³/mol. The third kappa shape index (κ3) is 6.20. The zero-order chi connectivity index (χ0) is 19.1. The molecule has 0 saturated heterocycles. The van der Waals surface area contributed by atoms with Crippen molar-refractivity contribution in [2.24, 2.45) is 0 Å². The summed E-state index contributed by atoms with van der Waals surface area (Å²) in [5.41, 5.74) is 1.11. The summed E-state index contributed by atoms with van der Waals surface area (Å²) in [4.78, 5) is 11.1. The van der Waals surface area contributed by atoms with Crippen molar-refractivity contribution in [3.8, 4) is 17.2 Å². The molecule has 0 aliphatic rings. The molecule has 3 aromatic rings. The van der Waals surface area contributed by atoms with Gasteiger partial charge in [0.25, 0.3) is 0 Å². The van der Waals surface area contributed by atoms with Crippen LogP contribution < -0.4 is 4.74 Å². The average Bonchev–Trinajstić information content (AvgIpc) is 2.60. The Kier molecular flexibility index (Phi) is 7.24. The Morgan fingerprint density at radius 2 is 1.42 bits per heavy atom. The molecule has 0 saturated carbocycles. The molecule has 2 N–H and O–H groups in total. The van der Waals surface area contributed by atoms with Crippen LogP contribution >= 0.6 is 31.9 Å². The summed E-state index contributed by atoms with van der Waals surface area (Å²) in [6, 6.07) is 19.1.